The van der Waals surface area contributed by atoms with Gasteiger partial charge in [-0.3, -0.25) is 19.7 Å². The van der Waals surface area contributed by atoms with Gasteiger partial charge in [-0.15, -0.1) is 0 Å². The molecule has 0 bridgehead atoms. The summed E-state index contributed by atoms with van der Waals surface area (Å²) in [6, 6.07) is 11.0. The third kappa shape index (κ3) is 6.75. The fourth-order valence-corrected chi connectivity index (χ4v) is 1.95. The molecule has 0 unspecified atom stereocenters. The summed E-state index contributed by atoms with van der Waals surface area (Å²) in [4.78, 5) is 43.5. The summed E-state index contributed by atoms with van der Waals surface area (Å²) in [6.45, 7) is -0.112. The number of benzene rings is 2. The van der Waals surface area contributed by atoms with E-state index in [9.17, 15) is 24.5 Å². The first-order valence-corrected chi connectivity index (χ1v) is 7.94. The van der Waals surface area contributed by atoms with E-state index in [0.717, 1.165) is 0 Å². The zero-order valence-corrected chi connectivity index (χ0v) is 14.4. The molecular formula is C18H15NO9. The van der Waals surface area contributed by atoms with Gasteiger partial charge in [0.1, 0.15) is 18.1 Å². The number of nitro groups is 1. The van der Waals surface area contributed by atoms with Crippen LogP contribution in [0.2, 0.25) is 0 Å². The van der Waals surface area contributed by atoms with Crippen molar-refractivity contribution in [1.29, 1.82) is 0 Å². The molecule has 0 fully saturated rings. The number of carboxylic acid groups (broad SMARTS) is 1. The number of aliphatic carboxylic acids is 1. The minimum atomic E-state index is -1.09. The molecule has 2 rings (SSSR count). The Hall–Kier alpha value is -3.95. The number of nitrogens with zero attached hydrogens (tertiary/aromatic N) is 1. The Morgan fingerprint density at radius 2 is 1.46 bits per heavy atom. The summed E-state index contributed by atoms with van der Waals surface area (Å²) >= 11 is 0. The quantitative estimate of drug-likeness (QED) is 0.237. The molecule has 2 aromatic rings. The normalized spacial score (nSPS) is 10.0. The standard InChI is InChI=1S/C18H15NO9/c20-16(21)9-10-17(22)27-14-5-1-12(2-6-14)11-26-18(23)28-15-7-3-13(4-8-15)19(24)25/h1-8H,9-11H2,(H,20,21). The van der Waals surface area contributed by atoms with Gasteiger partial charge in [0.25, 0.3) is 5.69 Å². The van der Waals surface area contributed by atoms with Gasteiger partial charge in [-0.2, -0.15) is 0 Å². The maximum Gasteiger partial charge on any atom is 0.514 e. The second-order valence-electron chi connectivity index (χ2n) is 5.40. The lowest BCUT2D eigenvalue weighted by molar-refractivity contribution is -0.384. The van der Waals surface area contributed by atoms with Gasteiger partial charge in [0.2, 0.25) is 0 Å². The number of hydrogen-bond acceptors (Lipinski definition) is 8. The third-order valence-electron chi connectivity index (χ3n) is 3.30. The molecule has 0 saturated carbocycles. The highest BCUT2D eigenvalue weighted by Crippen LogP contribution is 2.18. The van der Waals surface area contributed by atoms with Crippen LogP contribution in [0.15, 0.2) is 48.5 Å². The fraction of sp³-hybridized carbons (Fsp3) is 0.167. The monoisotopic (exact) mass is 389 g/mol. The van der Waals surface area contributed by atoms with Crippen LogP contribution in [-0.2, 0) is 20.9 Å². The molecule has 0 spiro atoms. The molecule has 10 heteroatoms. The molecule has 0 heterocycles. The van der Waals surface area contributed by atoms with Gasteiger partial charge >= 0.3 is 18.1 Å². The van der Waals surface area contributed by atoms with E-state index in [1.807, 2.05) is 0 Å². The number of nitro benzene ring substituents is 1. The number of non-ortho nitro benzene ring substituents is 1. The Labute approximate surface area is 158 Å². The largest absolute Gasteiger partial charge is 0.514 e. The zero-order valence-electron chi connectivity index (χ0n) is 14.4. The molecule has 0 amide bonds. The summed E-state index contributed by atoms with van der Waals surface area (Å²) in [5.74, 6) is -1.44. The lowest BCUT2D eigenvalue weighted by Gasteiger charge is -2.07. The number of hydrogen-bond donors (Lipinski definition) is 1. The number of carboxylic acids is 1. The van der Waals surface area contributed by atoms with Crippen LogP contribution in [0.1, 0.15) is 18.4 Å². The van der Waals surface area contributed by atoms with Crippen LogP contribution in [0.3, 0.4) is 0 Å². The van der Waals surface area contributed by atoms with Crippen molar-refractivity contribution >= 4 is 23.8 Å². The van der Waals surface area contributed by atoms with Crippen molar-refractivity contribution in [3.63, 3.8) is 0 Å². The molecule has 1 N–H and O–H groups in total. The second-order valence-corrected chi connectivity index (χ2v) is 5.40. The Morgan fingerprint density at radius 3 is 2.04 bits per heavy atom. The first kappa shape index (κ1) is 20.4. The molecule has 0 aliphatic heterocycles. The van der Waals surface area contributed by atoms with Gasteiger partial charge < -0.3 is 19.3 Å². The molecule has 0 aromatic heterocycles. The molecule has 0 aliphatic carbocycles. The Kier molecular flexibility index (Phi) is 7.03. The third-order valence-corrected chi connectivity index (χ3v) is 3.30. The van der Waals surface area contributed by atoms with E-state index < -0.39 is 23.0 Å². The molecule has 0 atom stereocenters. The van der Waals surface area contributed by atoms with E-state index in [2.05, 4.69) is 0 Å². The molecule has 2 aromatic carbocycles. The van der Waals surface area contributed by atoms with Crippen molar-refractivity contribution in [3.8, 4) is 11.5 Å². The SMILES string of the molecule is O=C(O)CCC(=O)Oc1ccc(COC(=O)Oc2ccc([N+](=O)[O-])cc2)cc1. The second kappa shape index (κ2) is 9.67. The Bertz CT molecular complexity index is 860. The topological polar surface area (TPSA) is 142 Å². The zero-order chi connectivity index (χ0) is 20.5. The number of esters is 1. The minimum absolute atomic E-state index is 0.0965. The molecule has 0 aliphatic rings. The van der Waals surface area contributed by atoms with Crippen LogP contribution in [0.4, 0.5) is 10.5 Å². The highest BCUT2D eigenvalue weighted by molar-refractivity contribution is 5.78. The Morgan fingerprint density at radius 1 is 0.893 bits per heavy atom. The number of ether oxygens (including phenoxy) is 3. The molecular weight excluding hydrogens is 374 g/mol. The van der Waals surface area contributed by atoms with E-state index in [4.69, 9.17) is 19.3 Å². The fourth-order valence-electron chi connectivity index (χ4n) is 1.95. The van der Waals surface area contributed by atoms with Crippen LogP contribution >= 0.6 is 0 Å². The van der Waals surface area contributed by atoms with Gasteiger partial charge in [0, 0.05) is 12.1 Å². The summed E-state index contributed by atoms with van der Waals surface area (Å²) in [6.07, 6.45) is -1.55. The van der Waals surface area contributed by atoms with E-state index >= 15 is 0 Å². The first-order chi connectivity index (χ1) is 13.3. The van der Waals surface area contributed by atoms with Crippen molar-refractivity contribution in [3.05, 3.63) is 64.2 Å². The predicted octanol–water partition coefficient (Wildman–Crippen LogP) is 3.08. The van der Waals surface area contributed by atoms with E-state index in [0.29, 0.717) is 5.56 Å². The summed E-state index contributed by atoms with van der Waals surface area (Å²) in [7, 11) is 0. The van der Waals surface area contributed by atoms with Gasteiger partial charge in [-0.1, -0.05) is 12.1 Å². The van der Waals surface area contributed by atoms with E-state index in [1.54, 1.807) is 12.1 Å². The van der Waals surface area contributed by atoms with Crippen molar-refractivity contribution in [2.45, 2.75) is 19.4 Å². The van der Waals surface area contributed by atoms with E-state index in [1.165, 1.54) is 36.4 Å². The lowest BCUT2D eigenvalue weighted by Crippen LogP contribution is -2.11. The molecule has 10 nitrogen and oxygen atoms in total. The maximum atomic E-state index is 11.6. The molecule has 146 valence electrons. The summed E-state index contributed by atoms with van der Waals surface area (Å²) in [5, 5.41) is 19.1. The van der Waals surface area contributed by atoms with Crippen molar-refractivity contribution in [2.75, 3.05) is 0 Å². The molecule has 0 saturated heterocycles. The predicted molar refractivity (Wildman–Crippen MR) is 92.9 cm³/mol. The average molecular weight is 389 g/mol. The van der Waals surface area contributed by atoms with Gasteiger partial charge in [-0.25, -0.2) is 4.79 Å². The van der Waals surface area contributed by atoms with Crippen LogP contribution in [0.5, 0.6) is 11.5 Å². The van der Waals surface area contributed by atoms with Crippen LogP contribution in [-0.4, -0.2) is 28.1 Å². The number of carbonyl (C=O) groups excluding carboxylic acids is 2. The summed E-state index contributed by atoms with van der Waals surface area (Å²) < 4.78 is 14.8. The van der Waals surface area contributed by atoms with Crippen LogP contribution < -0.4 is 9.47 Å². The van der Waals surface area contributed by atoms with Crippen molar-refractivity contribution in [1.82, 2.24) is 0 Å². The summed E-state index contributed by atoms with van der Waals surface area (Å²) in [5.41, 5.74) is 0.454. The van der Waals surface area contributed by atoms with E-state index in [-0.39, 0.29) is 36.6 Å². The van der Waals surface area contributed by atoms with Crippen LogP contribution in [0, 0.1) is 10.1 Å². The van der Waals surface area contributed by atoms with Gasteiger partial charge in [0.15, 0.2) is 0 Å². The van der Waals surface area contributed by atoms with Crippen molar-refractivity contribution in [2.24, 2.45) is 0 Å². The average Bonchev–Trinajstić information content (AvgIpc) is 2.66. The van der Waals surface area contributed by atoms with Gasteiger partial charge in [0.05, 0.1) is 17.8 Å². The van der Waals surface area contributed by atoms with Gasteiger partial charge in [-0.05, 0) is 29.8 Å². The maximum absolute atomic E-state index is 11.6. The van der Waals surface area contributed by atoms with Crippen molar-refractivity contribution < 1.29 is 38.6 Å². The number of carbonyl (C=O) groups is 3. The first-order valence-electron chi connectivity index (χ1n) is 7.94. The molecule has 0 radical (unpaired) electrons. The highest BCUT2D eigenvalue weighted by atomic mass is 16.7. The number of rotatable bonds is 8. The minimum Gasteiger partial charge on any atom is -0.481 e. The lowest BCUT2D eigenvalue weighted by atomic mass is 10.2. The molecule has 28 heavy (non-hydrogen) atoms. The highest BCUT2D eigenvalue weighted by Gasteiger charge is 2.11. The van der Waals surface area contributed by atoms with Crippen LogP contribution in [0.25, 0.3) is 0 Å². The Balaban J connectivity index is 1.79. The smallest absolute Gasteiger partial charge is 0.481 e.